The van der Waals surface area contributed by atoms with Gasteiger partial charge in [0.1, 0.15) is 0 Å². The van der Waals surface area contributed by atoms with Gasteiger partial charge < -0.3 is 5.32 Å². The lowest BCUT2D eigenvalue weighted by Crippen LogP contribution is -2.24. The molecular formula is C19H25NO2. The van der Waals surface area contributed by atoms with Gasteiger partial charge >= 0.3 is 0 Å². The second-order valence-corrected chi connectivity index (χ2v) is 5.85. The summed E-state index contributed by atoms with van der Waals surface area (Å²) in [6.45, 7) is 0.720. The monoisotopic (exact) mass is 299 g/mol. The normalized spacial score (nSPS) is 14.3. The molecule has 1 amide bonds. The van der Waals surface area contributed by atoms with E-state index < -0.39 is 0 Å². The number of ketones is 1. The van der Waals surface area contributed by atoms with Gasteiger partial charge in [-0.1, -0.05) is 42.0 Å². The number of hydrogen-bond donors (Lipinski definition) is 1. The van der Waals surface area contributed by atoms with E-state index in [1.54, 1.807) is 0 Å². The Balaban J connectivity index is 1.57. The first-order valence-electron chi connectivity index (χ1n) is 8.28. The first-order chi connectivity index (χ1) is 10.8. The SMILES string of the molecule is O=C(CCCC(=O)c1ccccc1)NCCC1=CCCCC1. The number of rotatable bonds is 8. The summed E-state index contributed by atoms with van der Waals surface area (Å²) in [5, 5.41) is 2.95. The fourth-order valence-corrected chi connectivity index (χ4v) is 2.76. The van der Waals surface area contributed by atoms with Crippen molar-refractivity contribution < 1.29 is 9.59 Å². The largest absolute Gasteiger partial charge is 0.356 e. The highest BCUT2D eigenvalue weighted by Gasteiger charge is 2.08. The first-order valence-corrected chi connectivity index (χ1v) is 8.28. The lowest BCUT2D eigenvalue weighted by molar-refractivity contribution is -0.121. The molecule has 0 aromatic heterocycles. The van der Waals surface area contributed by atoms with Gasteiger partial charge in [-0.05, 0) is 38.5 Å². The van der Waals surface area contributed by atoms with Gasteiger partial charge in [-0.2, -0.15) is 0 Å². The van der Waals surface area contributed by atoms with Gasteiger partial charge in [0.15, 0.2) is 5.78 Å². The van der Waals surface area contributed by atoms with Crippen molar-refractivity contribution in [3.05, 3.63) is 47.5 Å². The van der Waals surface area contributed by atoms with Crippen LogP contribution in [-0.4, -0.2) is 18.2 Å². The molecule has 0 unspecified atom stereocenters. The smallest absolute Gasteiger partial charge is 0.220 e. The Labute approximate surface area is 132 Å². The molecule has 1 aromatic rings. The van der Waals surface area contributed by atoms with Crippen LogP contribution in [0.1, 0.15) is 61.7 Å². The summed E-state index contributed by atoms with van der Waals surface area (Å²) < 4.78 is 0. The Kier molecular flexibility index (Phi) is 6.88. The van der Waals surface area contributed by atoms with E-state index in [1.807, 2.05) is 30.3 Å². The molecule has 2 rings (SSSR count). The molecule has 3 heteroatoms. The van der Waals surface area contributed by atoms with Crippen LogP contribution in [0.25, 0.3) is 0 Å². The molecule has 0 atom stereocenters. The predicted molar refractivity (Wildman–Crippen MR) is 88.8 cm³/mol. The van der Waals surface area contributed by atoms with Crippen LogP contribution in [0.2, 0.25) is 0 Å². The number of carbonyl (C=O) groups excluding carboxylic acids is 2. The van der Waals surface area contributed by atoms with Gasteiger partial charge in [-0.3, -0.25) is 9.59 Å². The summed E-state index contributed by atoms with van der Waals surface area (Å²) in [7, 11) is 0. The maximum atomic E-state index is 11.9. The van der Waals surface area contributed by atoms with Crippen molar-refractivity contribution in [1.82, 2.24) is 5.32 Å². The summed E-state index contributed by atoms with van der Waals surface area (Å²) in [5.74, 6) is 0.165. The average molecular weight is 299 g/mol. The second-order valence-electron chi connectivity index (χ2n) is 5.85. The molecule has 0 saturated carbocycles. The van der Waals surface area contributed by atoms with Crippen molar-refractivity contribution in [2.75, 3.05) is 6.54 Å². The fourth-order valence-electron chi connectivity index (χ4n) is 2.76. The molecule has 1 aromatic carbocycles. The van der Waals surface area contributed by atoms with E-state index in [9.17, 15) is 9.59 Å². The Hall–Kier alpha value is -1.90. The summed E-state index contributed by atoms with van der Waals surface area (Å²) in [6.07, 6.45) is 9.70. The van der Waals surface area contributed by atoms with Crippen LogP contribution in [0.4, 0.5) is 0 Å². The maximum absolute atomic E-state index is 11.9. The third-order valence-electron chi connectivity index (χ3n) is 4.06. The number of hydrogen-bond acceptors (Lipinski definition) is 2. The number of nitrogens with one attached hydrogen (secondary N) is 1. The highest BCUT2D eigenvalue weighted by molar-refractivity contribution is 5.96. The van der Waals surface area contributed by atoms with Crippen molar-refractivity contribution in [3.63, 3.8) is 0 Å². The zero-order valence-corrected chi connectivity index (χ0v) is 13.1. The van der Waals surface area contributed by atoms with Crippen LogP contribution >= 0.6 is 0 Å². The molecule has 3 nitrogen and oxygen atoms in total. The maximum Gasteiger partial charge on any atom is 0.220 e. The molecule has 0 aliphatic heterocycles. The number of benzene rings is 1. The first kappa shape index (κ1) is 16.5. The number of allylic oxidation sites excluding steroid dienone is 1. The minimum atomic E-state index is 0.0530. The molecule has 0 heterocycles. The van der Waals surface area contributed by atoms with Gasteiger partial charge in [-0.25, -0.2) is 0 Å². The number of Topliss-reactive ketones (excluding diaryl/α,β-unsaturated/α-hetero) is 1. The lowest BCUT2D eigenvalue weighted by atomic mass is 9.97. The quantitative estimate of drug-likeness (QED) is 0.581. The molecule has 0 fully saturated rings. The second kappa shape index (κ2) is 9.19. The molecule has 118 valence electrons. The van der Waals surface area contributed by atoms with Crippen molar-refractivity contribution in [1.29, 1.82) is 0 Å². The highest BCUT2D eigenvalue weighted by atomic mass is 16.1. The molecule has 0 saturated heterocycles. The van der Waals surface area contributed by atoms with E-state index >= 15 is 0 Å². The molecule has 0 bridgehead atoms. The van der Waals surface area contributed by atoms with Crippen molar-refractivity contribution in [3.8, 4) is 0 Å². The number of carbonyl (C=O) groups is 2. The van der Waals surface area contributed by atoms with Crippen molar-refractivity contribution in [2.45, 2.75) is 51.4 Å². The van der Waals surface area contributed by atoms with Gasteiger partial charge in [0.25, 0.3) is 0 Å². The van der Waals surface area contributed by atoms with E-state index in [0.29, 0.717) is 19.3 Å². The molecule has 0 spiro atoms. The molecule has 22 heavy (non-hydrogen) atoms. The Bertz CT molecular complexity index is 519. The minimum absolute atomic E-state index is 0.0530. The third kappa shape index (κ3) is 5.84. The van der Waals surface area contributed by atoms with Crippen molar-refractivity contribution >= 4 is 11.7 Å². The minimum Gasteiger partial charge on any atom is -0.356 e. The topological polar surface area (TPSA) is 46.2 Å². The third-order valence-corrected chi connectivity index (χ3v) is 4.06. The van der Waals surface area contributed by atoms with Crippen LogP contribution < -0.4 is 5.32 Å². The van der Waals surface area contributed by atoms with E-state index in [1.165, 1.54) is 31.3 Å². The Morgan fingerprint density at radius 2 is 1.86 bits per heavy atom. The summed E-state index contributed by atoms with van der Waals surface area (Å²) >= 11 is 0. The van der Waals surface area contributed by atoms with E-state index in [2.05, 4.69) is 11.4 Å². The zero-order valence-electron chi connectivity index (χ0n) is 13.1. The number of amides is 1. The molecule has 1 aliphatic carbocycles. The van der Waals surface area contributed by atoms with Crippen LogP contribution in [0, 0.1) is 0 Å². The Morgan fingerprint density at radius 3 is 2.59 bits per heavy atom. The van der Waals surface area contributed by atoms with Crippen LogP contribution in [0.15, 0.2) is 42.0 Å². The summed E-state index contributed by atoms with van der Waals surface area (Å²) in [6, 6.07) is 9.26. The van der Waals surface area contributed by atoms with Gasteiger partial charge in [0.2, 0.25) is 5.91 Å². The zero-order chi connectivity index (χ0) is 15.6. The average Bonchev–Trinajstić information content (AvgIpc) is 2.56. The molecule has 1 N–H and O–H groups in total. The fraction of sp³-hybridized carbons (Fsp3) is 0.474. The standard InChI is InChI=1S/C19H25NO2/c21-18(17-10-5-2-6-11-17)12-7-13-19(22)20-15-14-16-8-3-1-4-9-16/h2,5-6,8,10-11H,1,3-4,7,9,12-15H2,(H,20,22). The van der Waals surface area contributed by atoms with E-state index in [0.717, 1.165) is 18.5 Å². The van der Waals surface area contributed by atoms with E-state index in [-0.39, 0.29) is 11.7 Å². The highest BCUT2D eigenvalue weighted by Crippen LogP contribution is 2.19. The van der Waals surface area contributed by atoms with Gasteiger partial charge in [0, 0.05) is 24.9 Å². The van der Waals surface area contributed by atoms with Gasteiger partial charge in [-0.15, -0.1) is 0 Å². The molecule has 0 radical (unpaired) electrons. The van der Waals surface area contributed by atoms with Gasteiger partial charge in [0.05, 0.1) is 0 Å². The Morgan fingerprint density at radius 1 is 1.05 bits per heavy atom. The van der Waals surface area contributed by atoms with Crippen LogP contribution in [0.3, 0.4) is 0 Å². The van der Waals surface area contributed by atoms with Crippen LogP contribution in [0.5, 0.6) is 0 Å². The van der Waals surface area contributed by atoms with E-state index in [4.69, 9.17) is 0 Å². The molecule has 1 aliphatic rings. The summed E-state index contributed by atoms with van der Waals surface area (Å²) in [5.41, 5.74) is 2.21. The van der Waals surface area contributed by atoms with Crippen molar-refractivity contribution in [2.24, 2.45) is 0 Å². The predicted octanol–water partition coefficient (Wildman–Crippen LogP) is 4.05. The lowest BCUT2D eigenvalue weighted by Gasteiger charge is -2.12. The summed E-state index contributed by atoms with van der Waals surface area (Å²) in [4.78, 5) is 23.7. The molecular weight excluding hydrogens is 274 g/mol. The van der Waals surface area contributed by atoms with Crippen LogP contribution in [-0.2, 0) is 4.79 Å².